The Bertz CT molecular complexity index is 1250. The predicted octanol–water partition coefficient (Wildman–Crippen LogP) is 6.04. The van der Waals surface area contributed by atoms with Gasteiger partial charge in [-0.1, -0.05) is 29.8 Å². The molecule has 0 amide bonds. The van der Waals surface area contributed by atoms with E-state index in [1.165, 1.54) is 0 Å². The number of pyridine rings is 1. The van der Waals surface area contributed by atoms with Crippen molar-refractivity contribution in [2.24, 2.45) is 0 Å². The summed E-state index contributed by atoms with van der Waals surface area (Å²) >= 11 is 6.06. The minimum atomic E-state index is 0.547. The first kappa shape index (κ1) is 18.8. The van der Waals surface area contributed by atoms with Gasteiger partial charge in [0.1, 0.15) is 11.4 Å². The molecule has 2 aromatic heterocycles. The number of ether oxygens (including phenoxy) is 1. The van der Waals surface area contributed by atoms with Gasteiger partial charge in [-0.2, -0.15) is 5.26 Å². The van der Waals surface area contributed by atoms with Crippen molar-refractivity contribution in [2.75, 3.05) is 7.11 Å². The lowest BCUT2D eigenvalue weighted by molar-refractivity contribution is 0.415. The lowest BCUT2D eigenvalue weighted by Gasteiger charge is -2.05. The highest BCUT2D eigenvalue weighted by molar-refractivity contribution is 6.30. The summed E-state index contributed by atoms with van der Waals surface area (Å²) in [4.78, 5) is 4.87. The fourth-order valence-corrected chi connectivity index (χ4v) is 3.39. The first-order valence-electron chi connectivity index (χ1n) is 9.10. The normalized spacial score (nSPS) is 11.4. The maximum atomic E-state index is 9.83. The molecule has 0 unspecified atom stereocenters. The minimum absolute atomic E-state index is 0.547. The molecule has 0 aliphatic heterocycles. The van der Waals surface area contributed by atoms with Crippen LogP contribution in [-0.2, 0) is 0 Å². The summed E-state index contributed by atoms with van der Waals surface area (Å²) in [7, 11) is 1.62. The van der Waals surface area contributed by atoms with Crippen LogP contribution in [0.1, 0.15) is 16.8 Å². The maximum absolute atomic E-state index is 9.83. The van der Waals surface area contributed by atoms with E-state index < -0.39 is 0 Å². The molecule has 0 saturated heterocycles. The zero-order chi connectivity index (χ0) is 20.4. The fraction of sp³-hybridized carbons (Fsp3) is 0.0833. The molecule has 0 radical (unpaired) electrons. The summed E-state index contributed by atoms with van der Waals surface area (Å²) in [6.07, 6.45) is 3.84. The molecule has 0 fully saturated rings. The zero-order valence-corrected chi connectivity index (χ0v) is 16.8. The maximum Gasteiger partial charge on any atom is 0.140 e. The second-order valence-electron chi connectivity index (χ2n) is 6.64. The van der Waals surface area contributed by atoms with E-state index in [2.05, 4.69) is 6.07 Å². The summed E-state index contributed by atoms with van der Waals surface area (Å²) < 4.78 is 7.23. The van der Waals surface area contributed by atoms with Gasteiger partial charge in [-0.3, -0.25) is 4.40 Å². The van der Waals surface area contributed by atoms with Gasteiger partial charge in [-0.15, -0.1) is 0 Å². The number of allylic oxidation sites excluding steroid dienone is 1. The van der Waals surface area contributed by atoms with Crippen LogP contribution in [0.25, 0.3) is 28.6 Å². The lowest BCUT2D eigenvalue weighted by Crippen LogP contribution is -1.91. The van der Waals surface area contributed by atoms with E-state index in [1.54, 1.807) is 7.11 Å². The molecule has 4 nitrogen and oxygen atoms in total. The van der Waals surface area contributed by atoms with Gasteiger partial charge >= 0.3 is 0 Å². The van der Waals surface area contributed by atoms with Crippen LogP contribution in [0.2, 0.25) is 5.02 Å². The zero-order valence-electron chi connectivity index (χ0n) is 16.1. The summed E-state index contributed by atoms with van der Waals surface area (Å²) in [5.41, 5.74) is 5.87. The molecule has 0 aliphatic carbocycles. The Kier molecular flexibility index (Phi) is 5.07. The van der Waals surface area contributed by atoms with Crippen molar-refractivity contribution in [3.8, 4) is 23.1 Å². The van der Waals surface area contributed by atoms with Crippen molar-refractivity contribution in [3.63, 3.8) is 0 Å². The van der Waals surface area contributed by atoms with Gasteiger partial charge in [-0.25, -0.2) is 4.98 Å². The van der Waals surface area contributed by atoms with Crippen molar-refractivity contribution in [2.45, 2.75) is 6.92 Å². The molecule has 0 N–H and O–H groups in total. The van der Waals surface area contributed by atoms with E-state index in [9.17, 15) is 5.26 Å². The topological polar surface area (TPSA) is 50.3 Å². The molecule has 0 aliphatic rings. The van der Waals surface area contributed by atoms with Crippen LogP contribution in [0, 0.1) is 18.3 Å². The van der Waals surface area contributed by atoms with Gasteiger partial charge in [0.15, 0.2) is 0 Å². The fourth-order valence-electron chi connectivity index (χ4n) is 3.27. The molecule has 5 heteroatoms. The van der Waals surface area contributed by atoms with E-state index in [0.29, 0.717) is 10.6 Å². The number of rotatable bonds is 4. The van der Waals surface area contributed by atoms with E-state index in [1.807, 2.05) is 84.3 Å². The molecule has 0 bridgehead atoms. The van der Waals surface area contributed by atoms with Gasteiger partial charge in [0.05, 0.1) is 30.1 Å². The number of hydrogen-bond acceptors (Lipinski definition) is 3. The third kappa shape index (κ3) is 3.61. The molecule has 142 valence electrons. The van der Waals surface area contributed by atoms with Crippen LogP contribution in [0.5, 0.6) is 5.75 Å². The SMILES string of the molecule is COc1ccc(/C(C#N)=C/c2c(-c3ccc(Cl)cc3)nc3c(C)cccn23)cc1. The van der Waals surface area contributed by atoms with Crippen LogP contribution in [0.15, 0.2) is 66.9 Å². The van der Waals surface area contributed by atoms with E-state index in [0.717, 1.165) is 39.5 Å². The number of hydrogen-bond donors (Lipinski definition) is 0. The van der Waals surface area contributed by atoms with Crippen molar-refractivity contribution in [1.82, 2.24) is 9.38 Å². The van der Waals surface area contributed by atoms with Gasteiger partial charge in [0.25, 0.3) is 0 Å². The molecule has 0 atom stereocenters. The Labute approximate surface area is 174 Å². The van der Waals surface area contributed by atoms with Gasteiger partial charge in [0.2, 0.25) is 0 Å². The molecule has 29 heavy (non-hydrogen) atoms. The van der Waals surface area contributed by atoms with E-state index >= 15 is 0 Å². The summed E-state index contributed by atoms with van der Waals surface area (Å²) in [6.45, 7) is 2.02. The van der Waals surface area contributed by atoms with Crippen LogP contribution in [0.4, 0.5) is 0 Å². The monoisotopic (exact) mass is 399 g/mol. The number of imidazole rings is 1. The number of nitriles is 1. The molecule has 0 spiro atoms. The Morgan fingerprint density at radius 2 is 1.83 bits per heavy atom. The molecule has 4 rings (SSSR count). The Morgan fingerprint density at radius 1 is 1.10 bits per heavy atom. The quantitative estimate of drug-likeness (QED) is 0.393. The molecule has 0 saturated carbocycles. The average molecular weight is 400 g/mol. The molecular weight excluding hydrogens is 382 g/mol. The van der Waals surface area contributed by atoms with Gasteiger partial charge in [-0.05, 0) is 66.6 Å². The summed E-state index contributed by atoms with van der Waals surface area (Å²) in [6, 6.07) is 21.3. The van der Waals surface area contributed by atoms with Crippen molar-refractivity contribution in [1.29, 1.82) is 5.26 Å². The largest absolute Gasteiger partial charge is 0.497 e. The van der Waals surface area contributed by atoms with Crippen molar-refractivity contribution < 1.29 is 4.74 Å². The standard InChI is InChI=1S/C24H18ClN3O/c1-16-4-3-13-28-22(14-19(15-26)17-7-11-21(29-2)12-8-17)23(27-24(16)28)18-5-9-20(25)10-6-18/h3-14H,1-2H3/b19-14+. The third-order valence-corrected chi connectivity index (χ3v) is 5.05. The van der Waals surface area contributed by atoms with Crippen LogP contribution in [0.3, 0.4) is 0 Å². The average Bonchev–Trinajstić information content (AvgIpc) is 3.12. The Balaban J connectivity index is 1.94. The first-order chi connectivity index (χ1) is 14.1. The number of methoxy groups -OCH3 is 1. The highest BCUT2D eigenvalue weighted by Crippen LogP contribution is 2.30. The Hall–Kier alpha value is -3.55. The number of halogens is 1. The molecule has 4 aromatic rings. The van der Waals surface area contributed by atoms with Crippen molar-refractivity contribution in [3.05, 3.63) is 88.7 Å². The first-order valence-corrected chi connectivity index (χ1v) is 9.48. The highest BCUT2D eigenvalue weighted by atomic mass is 35.5. The van der Waals surface area contributed by atoms with Crippen LogP contribution >= 0.6 is 11.6 Å². The minimum Gasteiger partial charge on any atom is -0.497 e. The second-order valence-corrected chi connectivity index (χ2v) is 7.07. The summed E-state index contributed by atoms with van der Waals surface area (Å²) in [5.74, 6) is 0.748. The van der Waals surface area contributed by atoms with Crippen molar-refractivity contribution >= 4 is 28.9 Å². The molecular formula is C24H18ClN3O. The summed E-state index contributed by atoms with van der Waals surface area (Å²) in [5, 5.41) is 10.5. The lowest BCUT2D eigenvalue weighted by atomic mass is 10.0. The number of aromatic nitrogens is 2. The number of fused-ring (bicyclic) bond motifs is 1. The van der Waals surface area contributed by atoms with Crippen LogP contribution < -0.4 is 4.74 Å². The van der Waals surface area contributed by atoms with E-state index in [4.69, 9.17) is 21.3 Å². The number of benzene rings is 2. The highest BCUT2D eigenvalue weighted by Gasteiger charge is 2.15. The molecule has 2 heterocycles. The third-order valence-electron chi connectivity index (χ3n) is 4.80. The smallest absolute Gasteiger partial charge is 0.140 e. The Morgan fingerprint density at radius 3 is 2.48 bits per heavy atom. The molecule has 2 aromatic carbocycles. The number of nitrogens with zero attached hydrogens (tertiary/aromatic N) is 3. The number of aryl methyl sites for hydroxylation is 1. The van der Waals surface area contributed by atoms with Gasteiger partial charge < -0.3 is 4.74 Å². The van der Waals surface area contributed by atoms with Crippen LogP contribution in [-0.4, -0.2) is 16.5 Å². The predicted molar refractivity (Wildman–Crippen MR) is 117 cm³/mol. The van der Waals surface area contributed by atoms with E-state index in [-0.39, 0.29) is 0 Å². The second kappa shape index (κ2) is 7.83. The van der Waals surface area contributed by atoms with Gasteiger partial charge in [0, 0.05) is 16.8 Å².